The van der Waals surface area contributed by atoms with Gasteiger partial charge in [0.2, 0.25) is 0 Å². The highest BCUT2D eigenvalue weighted by Crippen LogP contribution is 2.35. The topological polar surface area (TPSA) is 102 Å². The first-order valence-corrected chi connectivity index (χ1v) is 6.94. The van der Waals surface area contributed by atoms with E-state index in [0.29, 0.717) is 5.69 Å². The lowest BCUT2D eigenvalue weighted by Crippen LogP contribution is -2.34. The van der Waals surface area contributed by atoms with Crippen LogP contribution in [-0.2, 0) is 28.1 Å². The fourth-order valence-corrected chi connectivity index (χ4v) is 4.18. The van der Waals surface area contributed by atoms with E-state index in [2.05, 4.69) is 10.3 Å². The zero-order valence-electron chi connectivity index (χ0n) is 9.33. The summed E-state index contributed by atoms with van der Waals surface area (Å²) in [6.45, 7) is 0. The van der Waals surface area contributed by atoms with Crippen molar-refractivity contribution in [3.63, 3.8) is 0 Å². The van der Waals surface area contributed by atoms with E-state index in [1.54, 1.807) is 13.2 Å². The van der Waals surface area contributed by atoms with E-state index in [-0.39, 0.29) is 24.3 Å². The van der Waals surface area contributed by atoms with Gasteiger partial charge in [0.25, 0.3) is 0 Å². The Morgan fingerprint density at radius 1 is 1.65 bits per heavy atom. The molecule has 0 bridgehead atoms. The van der Waals surface area contributed by atoms with E-state index < -0.39 is 21.2 Å². The third-order valence-corrected chi connectivity index (χ3v) is 4.83. The van der Waals surface area contributed by atoms with E-state index in [0.717, 1.165) is 0 Å². The summed E-state index contributed by atoms with van der Waals surface area (Å²) in [5.41, 5.74) is -0.735. The maximum atomic E-state index is 11.4. The average molecular weight is 259 g/mol. The molecule has 1 aromatic rings. The molecule has 0 spiro atoms. The number of rotatable bonds is 3. The Morgan fingerprint density at radius 3 is 2.76 bits per heavy atom. The van der Waals surface area contributed by atoms with Gasteiger partial charge >= 0.3 is 5.97 Å². The molecular weight excluding hydrogens is 246 g/mol. The van der Waals surface area contributed by atoms with Gasteiger partial charge in [-0.05, 0) is 6.42 Å². The Hall–Kier alpha value is -1.44. The molecule has 1 aliphatic rings. The lowest BCUT2D eigenvalue weighted by molar-refractivity contribution is -0.147. The highest BCUT2D eigenvalue weighted by molar-refractivity contribution is 7.91. The molecule has 17 heavy (non-hydrogen) atoms. The van der Waals surface area contributed by atoms with Crippen LogP contribution in [-0.4, -0.2) is 46.0 Å². The SMILES string of the molecule is Cn1cc(CC2(C(=O)O)CCS(=O)(=O)C2)nn1. The summed E-state index contributed by atoms with van der Waals surface area (Å²) in [4.78, 5) is 11.3. The lowest BCUT2D eigenvalue weighted by atomic mass is 9.83. The maximum Gasteiger partial charge on any atom is 0.311 e. The molecule has 1 aromatic heterocycles. The summed E-state index contributed by atoms with van der Waals surface area (Å²) >= 11 is 0. The summed E-state index contributed by atoms with van der Waals surface area (Å²) in [6.07, 6.45) is 1.85. The Bertz CT molecular complexity index is 550. The summed E-state index contributed by atoms with van der Waals surface area (Å²) < 4.78 is 24.3. The molecule has 0 amide bonds. The smallest absolute Gasteiger partial charge is 0.311 e. The minimum Gasteiger partial charge on any atom is -0.481 e. The standard InChI is InChI=1S/C9H13N3O4S/c1-12-5-7(10-11-12)4-9(8(13)14)2-3-17(15,16)6-9/h5H,2-4,6H2,1H3,(H,13,14). The first kappa shape index (κ1) is 12.0. The number of carboxylic acid groups (broad SMARTS) is 1. The molecule has 1 atom stereocenters. The fraction of sp³-hybridized carbons (Fsp3) is 0.667. The van der Waals surface area contributed by atoms with Gasteiger partial charge < -0.3 is 5.11 Å². The zero-order chi connectivity index (χ0) is 12.7. The summed E-state index contributed by atoms with van der Waals surface area (Å²) in [5, 5.41) is 16.8. The molecule has 1 saturated heterocycles. The van der Waals surface area contributed by atoms with Crippen molar-refractivity contribution in [3.05, 3.63) is 11.9 Å². The maximum absolute atomic E-state index is 11.4. The zero-order valence-corrected chi connectivity index (χ0v) is 10.1. The van der Waals surface area contributed by atoms with Crippen LogP contribution in [0.4, 0.5) is 0 Å². The summed E-state index contributed by atoms with van der Waals surface area (Å²) in [5.74, 6) is -1.46. The number of carbonyl (C=O) groups is 1. The molecule has 1 aliphatic heterocycles. The predicted molar refractivity (Wildman–Crippen MR) is 58.0 cm³/mol. The van der Waals surface area contributed by atoms with Gasteiger partial charge in [-0.15, -0.1) is 5.10 Å². The molecule has 2 rings (SSSR count). The number of sulfone groups is 1. The second-order valence-corrected chi connectivity index (χ2v) is 6.67. The van der Waals surface area contributed by atoms with Crippen LogP contribution >= 0.6 is 0 Å². The van der Waals surface area contributed by atoms with Gasteiger partial charge in [-0.1, -0.05) is 5.21 Å². The van der Waals surface area contributed by atoms with E-state index in [4.69, 9.17) is 0 Å². The molecule has 1 fully saturated rings. The van der Waals surface area contributed by atoms with E-state index in [1.165, 1.54) is 4.68 Å². The third-order valence-electron chi connectivity index (χ3n) is 3.01. The summed E-state index contributed by atoms with van der Waals surface area (Å²) in [6, 6.07) is 0. The predicted octanol–water partition coefficient (Wildman–Crippen LogP) is -0.753. The quantitative estimate of drug-likeness (QED) is 0.766. The first-order chi connectivity index (χ1) is 7.83. The summed E-state index contributed by atoms with van der Waals surface area (Å²) in [7, 11) is -1.57. The largest absolute Gasteiger partial charge is 0.481 e. The molecule has 7 nitrogen and oxygen atoms in total. The molecule has 0 aliphatic carbocycles. The van der Waals surface area contributed by atoms with Crippen molar-refractivity contribution < 1.29 is 18.3 Å². The van der Waals surface area contributed by atoms with Crippen molar-refractivity contribution >= 4 is 15.8 Å². The number of aryl methyl sites for hydroxylation is 1. The van der Waals surface area contributed by atoms with Crippen LogP contribution in [0.3, 0.4) is 0 Å². The molecule has 0 saturated carbocycles. The van der Waals surface area contributed by atoms with Crippen molar-refractivity contribution in [2.75, 3.05) is 11.5 Å². The number of nitrogens with zero attached hydrogens (tertiary/aromatic N) is 3. The van der Waals surface area contributed by atoms with Gasteiger partial charge in [0.1, 0.15) is 0 Å². The monoisotopic (exact) mass is 259 g/mol. The Kier molecular flexibility index (Phi) is 2.69. The second kappa shape index (κ2) is 3.80. The van der Waals surface area contributed by atoms with E-state index in [1.807, 2.05) is 0 Å². The molecule has 94 valence electrons. The van der Waals surface area contributed by atoms with Crippen LogP contribution < -0.4 is 0 Å². The van der Waals surface area contributed by atoms with Gasteiger partial charge in [-0.3, -0.25) is 9.48 Å². The Balaban J connectivity index is 2.28. The second-order valence-electron chi connectivity index (χ2n) is 4.49. The normalized spacial score (nSPS) is 27.1. The molecule has 0 radical (unpaired) electrons. The highest BCUT2D eigenvalue weighted by Gasteiger charge is 2.48. The van der Waals surface area contributed by atoms with Crippen molar-refractivity contribution in [1.29, 1.82) is 0 Å². The number of carboxylic acids is 1. The van der Waals surface area contributed by atoms with Crippen LogP contribution in [0.5, 0.6) is 0 Å². The van der Waals surface area contributed by atoms with Gasteiger partial charge in [-0.25, -0.2) is 8.42 Å². The Labute approximate surface area is 98.4 Å². The third kappa shape index (κ3) is 2.31. The first-order valence-electron chi connectivity index (χ1n) is 5.12. The average Bonchev–Trinajstić information content (AvgIpc) is 2.72. The van der Waals surface area contributed by atoms with Gasteiger partial charge in [0, 0.05) is 19.7 Å². The van der Waals surface area contributed by atoms with Gasteiger partial charge in [0.05, 0.1) is 22.6 Å². The molecule has 2 heterocycles. The molecule has 1 unspecified atom stereocenters. The van der Waals surface area contributed by atoms with Crippen LogP contribution in [0.2, 0.25) is 0 Å². The fourth-order valence-electron chi connectivity index (χ4n) is 2.12. The highest BCUT2D eigenvalue weighted by atomic mass is 32.2. The van der Waals surface area contributed by atoms with Crippen LogP contribution in [0.15, 0.2) is 6.20 Å². The number of aromatic nitrogens is 3. The number of hydrogen-bond acceptors (Lipinski definition) is 5. The van der Waals surface area contributed by atoms with Crippen molar-refractivity contribution in [2.45, 2.75) is 12.8 Å². The molecule has 1 N–H and O–H groups in total. The van der Waals surface area contributed by atoms with E-state index in [9.17, 15) is 18.3 Å². The van der Waals surface area contributed by atoms with Crippen LogP contribution in [0.1, 0.15) is 12.1 Å². The number of aliphatic carboxylic acids is 1. The minimum absolute atomic E-state index is 0.0699. The molecular formula is C9H13N3O4S. The van der Waals surface area contributed by atoms with Crippen molar-refractivity contribution in [1.82, 2.24) is 15.0 Å². The van der Waals surface area contributed by atoms with Crippen molar-refractivity contribution in [3.8, 4) is 0 Å². The van der Waals surface area contributed by atoms with Gasteiger partial charge in [-0.2, -0.15) is 0 Å². The van der Waals surface area contributed by atoms with E-state index >= 15 is 0 Å². The Morgan fingerprint density at radius 2 is 2.35 bits per heavy atom. The van der Waals surface area contributed by atoms with Crippen LogP contribution in [0.25, 0.3) is 0 Å². The van der Waals surface area contributed by atoms with Crippen molar-refractivity contribution in [2.24, 2.45) is 12.5 Å². The number of hydrogen-bond donors (Lipinski definition) is 1. The minimum atomic E-state index is -3.25. The van der Waals surface area contributed by atoms with Gasteiger partial charge in [0.15, 0.2) is 9.84 Å². The molecule has 0 aromatic carbocycles. The van der Waals surface area contributed by atoms with Crippen LogP contribution in [0, 0.1) is 5.41 Å². The molecule has 8 heteroatoms. The lowest BCUT2D eigenvalue weighted by Gasteiger charge is -2.20.